The van der Waals surface area contributed by atoms with Gasteiger partial charge in [0.25, 0.3) is 0 Å². The third-order valence-electron chi connectivity index (χ3n) is 2.81. The predicted octanol–water partition coefficient (Wildman–Crippen LogP) is 0.803. The maximum Gasteiger partial charge on any atom is 0.358 e. The van der Waals surface area contributed by atoms with Gasteiger partial charge in [0.05, 0.1) is 19.3 Å². The molecule has 8 heteroatoms. The van der Waals surface area contributed by atoms with Crippen LogP contribution in [0.15, 0.2) is 6.07 Å². The molecule has 1 saturated heterocycles. The lowest BCUT2D eigenvalue weighted by Crippen LogP contribution is -2.44. The summed E-state index contributed by atoms with van der Waals surface area (Å²) in [4.78, 5) is 23.5. The fourth-order valence-corrected chi connectivity index (χ4v) is 1.78. The van der Waals surface area contributed by atoms with E-state index in [9.17, 15) is 9.59 Å². The minimum Gasteiger partial charge on any atom is -0.461 e. The Kier molecular flexibility index (Phi) is 5.97. The van der Waals surface area contributed by atoms with Crippen LogP contribution >= 0.6 is 12.4 Å². The normalized spacial score (nSPS) is 14.1. The van der Waals surface area contributed by atoms with Crippen molar-refractivity contribution in [3.8, 4) is 0 Å². The van der Waals surface area contributed by atoms with Crippen molar-refractivity contribution >= 4 is 24.3 Å². The molecule has 1 aliphatic heterocycles. The van der Waals surface area contributed by atoms with Gasteiger partial charge in [-0.15, -0.1) is 12.4 Å². The van der Waals surface area contributed by atoms with Gasteiger partial charge >= 0.3 is 11.9 Å². The number of nitrogens with one attached hydrogen (secondary N) is 1. The van der Waals surface area contributed by atoms with Gasteiger partial charge < -0.3 is 14.8 Å². The number of hydrogen-bond donors (Lipinski definition) is 1. The molecular weight excluding hydrogens is 286 g/mol. The van der Waals surface area contributed by atoms with Crippen LogP contribution in [-0.4, -0.2) is 48.0 Å². The zero-order chi connectivity index (χ0) is 13.8. The van der Waals surface area contributed by atoms with Gasteiger partial charge in [-0.25, -0.2) is 9.59 Å². The van der Waals surface area contributed by atoms with Gasteiger partial charge in [0.2, 0.25) is 0 Å². The molecule has 0 saturated carbocycles. The van der Waals surface area contributed by atoms with Gasteiger partial charge in [0, 0.05) is 19.2 Å². The summed E-state index contributed by atoms with van der Waals surface area (Å²) in [6.07, 6.45) is 0. The van der Waals surface area contributed by atoms with Crippen molar-refractivity contribution < 1.29 is 19.1 Å². The van der Waals surface area contributed by atoms with Crippen molar-refractivity contribution in [2.75, 3.05) is 26.3 Å². The fraction of sp³-hybridized carbons (Fsp3) is 0.583. The molecule has 20 heavy (non-hydrogen) atoms. The fourth-order valence-electron chi connectivity index (χ4n) is 1.78. The zero-order valence-electron chi connectivity index (χ0n) is 11.4. The SMILES string of the molecule is CCOC(=O)c1cc(C(=O)OCC)n(C2CNC2)n1.Cl. The second-order valence-electron chi connectivity index (χ2n) is 4.11. The number of halogens is 1. The van der Waals surface area contributed by atoms with E-state index in [4.69, 9.17) is 9.47 Å². The van der Waals surface area contributed by atoms with Crippen molar-refractivity contribution in [2.45, 2.75) is 19.9 Å². The first-order valence-corrected chi connectivity index (χ1v) is 6.31. The molecule has 0 radical (unpaired) electrons. The number of aromatic nitrogens is 2. The van der Waals surface area contributed by atoms with Crippen molar-refractivity contribution in [2.24, 2.45) is 0 Å². The Bertz CT molecular complexity index is 485. The molecule has 1 N–H and O–H groups in total. The first kappa shape index (κ1) is 16.5. The van der Waals surface area contributed by atoms with Crippen molar-refractivity contribution in [1.82, 2.24) is 15.1 Å². The third kappa shape index (κ3) is 3.29. The van der Waals surface area contributed by atoms with E-state index in [2.05, 4.69) is 10.4 Å². The quantitative estimate of drug-likeness (QED) is 0.810. The lowest BCUT2D eigenvalue weighted by molar-refractivity contribution is 0.0499. The molecule has 0 unspecified atom stereocenters. The summed E-state index contributed by atoms with van der Waals surface area (Å²) in [5, 5.41) is 7.25. The van der Waals surface area contributed by atoms with Crippen LogP contribution in [0.2, 0.25) is 0 Å². The molecule has 2 heterocycles. The van der Waals surface area contributed by atoms with Gasteiger partial charge in [-0.05, 0) is 13.8 Å². The second kappa shape index (κ2) is 7.25. The number of ether oxygens (including phenoxy) is 2. The highest BCUT2D eigenvalue weighted by Crippen LogP contribution is 2.17. The summed E-state index contributed by atoms with van der Waals surface area (Å²) < 4.78 is 11.4. The van der Waals surface area contributed by atoms with Gasteiger partial charge in [0.1, 0.15) is 5.69 Å². The number of carbonyl (C=O) groups excluding carboxylic acids is 2. The molecule has 1 aromatic heterocycles. The Morgan fingerprint density at radius 1 is 1.30 bits per heavy atom. The average Bonchev–Trinajstić information content (AvgIpc) is 2.72. The molecular formula is C12H18ClN3O4. The van der Waals surface area contributed by atoms with Crippen LogP contribution in [-0.2, 0) is 9.47 Å². The van der Waals surface area contributed by atoms with E-state index in [0.717, 1.165) is 13.1 Å². The molecule has 1 aromatic rings. The zero-order valence-corrected chi connectivity index (χ0v) is 12.2. The molecule has 0 aliphatic carbocycles. The van der Waals surface area contributed by atoms with Crippen LogP contribution < -0.4 is 5.32 Å². The summed E-state index contributed by atoms with van der Waals surface area (Å²) in [6.45, 7) is 5.44. The minimum absolute atomic E-state index is 0. The monoisotopic (exact) mass is 303 g/mol. The van der Waals surface area contributed by atoms with Crippen LogP contribution in [0.25, 0.3) is 0 Å². The first-order chi connectivity index (χ1) is 9.17. The van der Waals surface area contributed by atoms with Gasteiger partial charge in [-0.2, -0.15) is 5.10 Å². The van der Waals surface area contributed by atoms with E-state index in [-0.39, 0.29) is 43.1 Å². The smallest absolute Gasteiger partial charge is 0.358 e. The van der Waals surface area contributed by atoms with E-state index in [1.165, 1.54) is 6.07 Å². The van der Waals surface area contributed by atoms with E-state index in [1.807, 2.05) is 0 Å². The Morgan fingerprint density at radius 3 is 2.40 bits per heavy atom. The van der Waals surface area contributed by atoms with E-state index in [0.29, 0.717) is 0 Å². The summed E-state index contributed by atoms with van der Waals surface area (Å²) in [5.41, 5.74) is 0.424. The van der Waals surface area contributed by atoms with E-state index >= 15 is 0 Å². The first-order valence-electron chi connectivity index (χ1n) is 6.31. The lowest BCUT2D eigenvalue weighted by Gasteiger charge is -2.28. The van der Waals surface area contributed by atoms with E-state index < -0.39 is 11.9 Å². The standard InChI is InChI=1S/C12H17N3O4.ClH/c1-3-18-11(16)9-5-10(12(17)19-4-2)15(14-9)8-6-13-7-8;/h5,8,13H,3-4,6-7H2,1-2H3;1H. The van der Waals surface area contributed by atoms with Crippen LogP contribution in [0, 0.1) is 0 Å². The van der Waals surface area contributed by atoms with Crippen LogP contribution in [0.5, 0.6) is 0 Å². The maximum absolute atomic E-state index is 11.8. The summed E-state index contributed by atoms with van der Waals surface area (Å²) >= 11 is 0. The molecule has 0 amide bonds. The van der Waals surface area contributed by atoms with Crippen molar-refractivity contribution in [1.29, 1.82) is 0 Å². The highest BCUT2D eigenvalue weighted by atomic mass is 35.5. The molecule has 2 rings (SSSR count). The summed E-state index contributed by atoms with van der Waals surface area (Å²) in [5.74, 6) is -1.00. The number of nitrogens with zero attached hydrogens (tertiary/aromatic N) is 2. The Morgan fingerprint density at radius 2 is 1.90 bits per heavy atom. The molecule has 1 fully saturated rings. The van der Waals surface area contributed by atoms with E-state index in [1.54, 1.807) is 18.5 Å². The highest BCUT2D eigenvalue weighted by Gasteiger charge is 2.28. The topological polar surface area (TPSA) is 82.5 Å². The molecule has 112 valence electrons. The second-order valence-corrected chi connectivity index (χ2v) is 4.11. The predicted molar refractivity (Wildman–Crippen MR) is 73.3 cm³/mol. The summed E-state index contributed by atoms with van der Waals surface area (Å²) in [7, 11) is 0. The largest absolute Gasteiger partial charge is 0.461 e. The molecule has 0 atom stereocenters. The van der Waals surface area contributed by atoms with Crippen LogP contribution in [0.3, 0.4) is 0 Å². The Labute approximate surface area is 123 Å². The molecule has 0 aromatic carbocycles. The molecule has 1 aliphatic rings. The number of hydrogen-bond acceptors (Lipinski definition) is 6. The van der Waals surface area contributed by atoms with Crippen LogP contribution in [0.4, 0.5) is 0 Å². The Balaban J connectivity index is 0.00000200. The highest BCUT2D eigenvalue weighted by molar-refractivity contribution is 5.93. The third-order valence-corrected chi connectivity index (χ3v) is 2.81. The minimum atomic E-state index is -0.529. The molecule has 0 spiro atoms. The van der Waals surface area contributed by atoms with Gasteiger partial charge in [-0.1, -0.05) is 0 Å². The van der Waals surface area contributed by atoms with Gasteiger partial charge in [-0.3, -0.25) is 4.68 Å². The number of carbonyl (C=O) groups is 2. The summed E-state index contributed by atoms with van der Waals surface area (Å²) in [6, 6.07) is 1.50. The van der Waals surface area contributed by atoms with Crippen LogP contribution in [0.1, 0.15) is 40.9 Å². The number of rotatable bonds is 5. The number of esters is 2. The molecule has 7 nitrogen and oxygen atoms in total. The van der Waals surface area contributed by atoms with Crippen molar-refractivity contribution in [3.63, 3.8) is 0 Å². The average molecular weight is 304 g/mol. The molecule has 0 bridgehead atoms. The lowest BCUT2D eigenvalue weighted by atomic mass is 10.2. The maximum atomic E-state index is 11.8. The Hall–Kier alpha value is -1.60. The van der Waals surface area contributed by atoms with Crippen molar-refractivity contribution in [3.05, 3.63) is 17.5 Å². The van der Waals surface area contributed by atoms with Gasteiger partial charge in [0.15, 0.2) is 5.69 Å².